The van der Waals surface area contributed by atoms with Crippen molar-refractivity contribution in [2.75, 3.05) is 20.2 Å². The largest absolute Gasteiger partial charge is 0.497 e. The number of hydrogen-bond acceptors (Lipinski definition) is 4. The van der Waals surface area contributed by atoms with Gasteiger partial charge in [-0.3, -0.25) is 9.36 Å². The van der Waals surface area contributed by atoms with Crippen LogP contribution in [0, 0.1) is 0 Å². The molecule has 1 aliphatic heterocycles. The molecule has 0 atom stereocenters. The standard InChI is InChI=1S/C22H24N4O3/c1-29-19-11-9-18(10-12-19)26-22(28)25(16-21(27)24-13-5-6-14-24)20(23-26)15-17-7-3-2-4-8-17/h2-4,7-12H,5-6,13-16H2,1H3. The van der Waals surface area contributed by atoms with Gasteiger partial charge in [-0.25, -0.2) is 4.79 Å². The van der Waals surface area contributed by atoms with Crippen LogP contribution in [0.1, 0.15) is 24.2 Å². The Morgan fingerprint density at radius 2 is 1.72 bits per heavy atom. The summed E-state index contributed by atoms with van der Waals surface area (Å²) >= 11 is 0. The van der Waals surface area contributed by atoms with Crippen molar-refractivity contribution >= 4 is 5.91 Å². The Morgan fingerprint density at radius 3 is 2.38 bits per heavy atom. The van der Waals surface area contributed by atoms with Crippen molar-refractivity contribution in [1.82, 2.24) is 19.2 Å². The SMILES string of the molecule is COc1ccc(-n2nc(Cc3ccccc3)n(CC(=O)N3CCCC3)c2=O)cc1. The highest BCUT2D eigenvalue weighted by atomic mass is 16.5. The molecule has 0 bridgehead atoms. The van der Waals surface area contributed by atoms with Gasteiger partial charge in [0.25, 0.3) is 0 Å². The second kappa shape index (κ2) is 8.34. The molecule has 29 heavy (non-hydrogen) atoms. The number of hydrogen-bond donors (Lipinski definition) is 0. The van der Waals surface area contributed by atoms with E-state index in [9.17, 15) is 9.59 Å². The monoisotopic (exact) mass is 392 g/mol. The molecule has 1 saturated heterocycles. The third kappa shape index (κ3) is 4.08. The van der Waals surface area contributed by atoms with E-state index in [1.807, 2.05) is 35.2 Å². The van der Waals surface area contributed by atoms with Gasteiger partial charge in [-0.15, -0.1) is 5.10 Å². The minimum atomic E-state index is -0.311. The number of ether oxygens (including phenoxy) is 1. The topological polar surface area (TPSA) is 69.4 Å². The lowest BCUT2D eigenvalue weighted by atomic mass is 10.1. The molecule has 2 aromatic carbocycles. The van der Waals surface area contributed by atoms with Gasteiger partial charge in [0.05, 0.1) is 12.8 Å². The lowest BCUT2D eigenvalue weighted by Gasteiger charge is -2.15. The van der Waals surface area contributed by atoms with Crippen LogP contribution in [-0.2, 0) is 17.8 Å². The van der Waals surface area contributed by atoms with E-state index < -0.39 is 0 Å². The Balaban J connectivity index is 1.70. The molecule has 2 heterocycles. The number of benzene rings is 2. The molecule has 1 fully saturated rings. The van der Waals surface area contributed by atoms with E-state index in [0.717, 1.165) is 31.5 Å². The molecule has 4 rings (SSSR count). The van der Waals surface area contributed by atoms with Crippen molar-refractivity contribution in [2.24, 2.45) is 0 Å². The predicted octanol–water partition coefficient (Wildman–Crippen LogP) is 2.26. The van der Waals surface area contributed by atoms with Crippen LogP contribution in [0.2, 0.25) is 0 Å². The highest BCUT2D eigenvalue weighted by molar-refractivity contribution is 5.76. The number of likely N-dealkylation sites (tertiary alicyclic amines) is 1. The number of carbonyl (C=O) groups is 1. The molecule has 150 valence electrons. The van der Waals surface area contributed by atoms with Crippen molar-refractivity contribution in [3.05, 3.63) is 76.5 Å². The maximum absolute atomic E-state index is 13.1. The molecule has 7 nitrogen and oxygen atoms in total. The van der Waals surface area contributed by atoms with Gasteiger partial charge in [0.1, 0.15) is 18.1 Å². The van der Waals surface area contributed by atoms with Crippen molar-refractivity contribution < 1.29 is 9.53 Å². The molecule has 0 unspecified atom stereocenters. The van der Waals surface area contributed by atoms with E-state index in [1.54, 1.807) is 31.4 Å². The summed E-state index contributed by atoms with van der Waals surface area (Å²) in [5.74, 6) is 1.24. The van der Waals surface area contributed by atoms with Gasteiger partial charge in [0.15, 0.2) is 0 Å². The first-order valence-corrected chi connectivity index (χ1v) is 9.80. The summed E-state index contributed by atoms with van der Waals surface area (Å²) in [6.45, 7) is 1.53. The van der Waals surface area contributed by atoms with Gasteiger partial charge in [0, 0.05) is 19.5 Å². The van der Waals surface area contributed by atoms with Crippen LogP contribution >= 0.6 is 0 Å². The van der Waals surface area contributed by atoms with Crippen LogP contribution in [0.15, 0.2) is 59.4 Å². The fourth-order valence-electron chi connectivity index (χ4n) is 3.60. The van der Waals surface area contributed by atoms with Crippen molar-refractivity contribution in [3.8, 4) is 11.4 Å². The van der Waals surface area contributed by atoms with E-state index in [1.165, 1.54) is 9.25 Å². The van der Waals surface area contributed by atoms with Gasteiger partial charge in [-0.2, -0.15) is 4.68 Å². The molecule has 0 aliphatic carbocycles. The molecule has 7 heteroatoms. The first-order valence-electron chi connectivity index (χ1n) is 9.80. The lowest BCUT2D eigenvalue weighted by Crippen LogP contribution is -2.35. The number of aromatic nitrogens is 3. The third-order valence-corrected chi connectivity index (χ3v) is 5.21. The molecule has 0 saturated carbocycles. The molecule has 0 spiro atoms. The summed E-state index contributed by atoms with van der Waals surface area (Å²) in [6.07, 6.45) is 2.51. The summed E-state index contributed by atoms with van der Waals surface area (Å²) in [7, 11) is 1.60. The summed E-state index contributed by atoms with van der Waals surface area (Å²) < 4.78 is 8.04. The Morgan fingerprint density at radius 1 is 1.03 bits per heavy atom. The summed E-state index contributed by atoms with van der Waals surface area (Å²) in [5.41, 5.74) is 1.36. The number of nitrogens with zero attached hydrogens (tertiary/aromatic N) is 4. The highest BCUT2D eigenvalue weighted by Gasteiger charge is 2.22. The molecule has 0 N–H and O–H groups in total. The Hall–Kier alpha value is -3.35. The second-order valence-corrected chi connectivity index (χ2v) is 7.15. The van der Waals surface area contributed by atoms with Crippen molar-refractivity contribution in [2.45, 2.75) is 25.8 Å². The zero-order valence-electron chi connectivity index (χ0n) is 16.5. The van der Waals surface area contributed by atoms with Crippen LogP contribution in [0.3, 0.4) is 0 Å². The van der Waals surface area contributed by atoms with Crippen LogP contribution in [0.5, 0.6) is 5.75 Å². The van der Waals surface area contributed by atoms with E-state index in [4.69, 9.17) is 4.74 Å². The Bertz CT molecular complexity index is 1030. The zero-order chi connectivity index (χ0) is 20.2. The average molecular weight is 392 g/mol. The normalized spacial score (nSPS) is 13.6. The smallest absolute Gasteiger partial charge is 0.351 e. The first-order chi connectivity index (χ1) is 14.2. The summed E-state index contributed by atoms with van der Waals surface area (Å²) in [6, 6.07) is 17.0. The Kier molecular flexibility index (Phi) is 5.46. The fourth-order valence-corrected chi connectivity index (χ4v) is 3.60. The second-order valence-electron chi connectivity index (χ2n) is 7.15. The van der Waals surface area contributed by atoms with Crippen LogP contribution < -0.4 is 10.4 Å². The molecule has 0 radical (unpaired) electrons. The van der Waals surface area contributed by atoms with Gasteiger partial charge in [-0.1, -0.05) is 30.3 Å². The van der Waals surface area contributed by atoms with E-state index in [0.29, 0.717) is 23.7 Å². The zero-order valence-corrected chi connectivity index (χ0v) is 16.5. The van der Waals surface area contributed by atoms with Crippen LogP contribution in [-0.4, -0.2) is 45.4 Å². The van der Waals surface area contributed by atoms with Gasteiger partial charge in [-0.05, 0) is 42.7 Å². The molecule has 1 aliphatic rings. The van der Waals surface area contributed by atoms with E-state index >= 15 is 0 Å². The number of methoxy groups -OCH3 is 1. The molecule has 3 aromatic rings. The molecule has 1 aromatic heterocycles. The van der Waals surface area contributed by atoms with Crippen molar-refractivity contribution in [1.29, 1.82) is 0 Å². The molecular weight excluding hydrogens is 368 g/mol. The van der Waals surface area contributed by atoms with Crippen LogP contribution in [0.4, 0.5) is 0 Å². The lowest BCUT2D eigenvalue weighted by molar-refractivity contribution is -0.130. The summed E-state index contributed by atoms with van der Waals surface area (Å²) in [5, 5.41) is 4.57. The van der Waals surface area contributed by atoms with E-state index in [-0.39, 0.29) is 18.1 Å². The fraction of sp³-hybridized carbons (Fsp3) is 0.318. The maximum atomic E-state index is 13.1. The minimum absolute atomic E-state index is 0.0111. The van der Waals surface area contributed by atoms with Gasteiger partial charge < -0.3 is 9.64 Å². The molecular formula is C22H24N4O3. The van der Waals surface area contributed by atoms with Crippen LogP contribution in [0.25, 0.3) is 5.69 Å². The summed E-state index contributed by atoms with van der Waals surface area (Å²) in [4.78, 5) is 27.7. The van der Waals surface area contributed by atoms with Gasteiger partial charge in [0.2, 0.25) is 5.91 Å². The highest BCUT2D eigenvalue weighted by Crippen LogP contribution is 2.15. The van der Waals surface area contributed by atoms with Crippen molar-refractivity contribution in [3.63, 3.8) is 0 Å². The van der Waals surface area contributed by atoms with Gasteiger partial charge >= 0.3 is 5.69 Å². The first kappa shape index (κ1) is 19.0. The van der Waals surface area contributed by atoms with E-state index in [2.05, 4.69) is 5.10 Å². The quantitative estimate of drug-likeness (QED) is 0.645. The maximum Gasteiger partial charge on any atom is 0.351 e. The predicted molar refractivity (Wildman–Crippen MR) is 109 cm³/mol. The third-order valence-electron chi connectivity index (χ3n) is 5.21. The molecule has 1 amide bonds. The number of rotatable bonds is 6. The Labute approximate surface area is 169 Å². The number of amides is 1. The number of carbonyl (C=O) groups excluding carboxylic acids is 1. The minimum Gasteiger partial charge on any atom is -0.497 e. The average Bonchev–Trinajstić information content (AvgIpc) is 3.39.